The molecule has 0 fully saturated rings. The zero-order chi connectivity index (χ0) is 21.3. The SMILES string of the molecule is CCNS(=O)(=O)c1cccc(C(=O)OCc2cc(=O)oc3cc4c(cc23)CCC4)c1. The van der Waals surface area contributed by atoms with Gasteiger partial charge in [0.1, 0.15) is 12.2 Å². The molecule has 1 aromatic heterocycles. The molecule has 1 N–H and O–H groups in total. The topological polar surface area (TPSA) is 103 Å². The fraction of sp³-hybridized carbons (Fsp3) is 0.273. The van der Waals surface area contributed by atoms with Crippen molar-refractivity contribution in [1.29, 1.82) is 0 Å². The molecule has 1 aliphatic carbocycles. The number of esters is 1. The quantitative estimate of drug-likeness (QED) is 0.479. The number of carbonyl (C=O) groups excluding carboxylic acids is 1. The van der Waals surface area contributed by atoms with E-state index in [1.807, 2.05) is 12.1 Å². The third-order valence-electron chi connectivity index (χ3n) is 5.12. The summed E-state index contributed by atoms with van der Waals surface area (Å²) in [6.45, 7) is 1.79. The van der Waals surface area contributed by atoms with E-state index >= 15 is 0 Å². The van der Waals surface area contributed by atoms with Crippen LogP contribution in [0.3, 0.4) is 0 Å². The highest BCUT2D eigenvalue weighted by atomic mass is 32.2. The minimum Gasteiger partial charge on any atom is -0.457 e. The fourth-order valence-corrected chi connectivity index (χ4v) is 4.79. The Bertz CT molecular complexity index is 1290. The standard InChI is InChI=1S/C22H21NO6S/c1-2-23-30(26,27)18-8-4-7-16(9-18)22(25)28-13-17-12-21(24)29-20-11-15-6-3-5-14(15)10-19(17)20/h4,7-12,23H,2-3,5-6,13H2,1H3. The first-order valence-electron chi connectivity index (χ1n) is 9.73. The van der Waals surface area contributed by atoms with Gasteiger partial charge in [-0.05, 0) is 60.7 Å². The van der Waals surface area contributed by atoms with Crippen LogP contribution in [0.15, 0.2) is 56.6 Å². The fourth-order valence-electron chi connectivity index (χ4n) is 3.70. The highest BCUT2D eigenvalue weighted by Crippen LogP contribution is 2.29. The molecule has 156 valence electrons. The number of rotatable bonds is 6. The number of hydrogen-bond donors (Lipinski definition) is 1. The van der Waals surface area contributed by atoms with Gasteiger partial charge in [-0.25, -0.2) is 22.7 Å². The van der Waals surface area contributed by atoms with Crippen molar-refractivity contribution in [2.75, 3.05) is 6.54 Å². The Hall–Kier alpha value is -2.97. The van der Waals surface area contributed by atoms with Gasteiger partial charge >= 0.3 is 11.6 Å². The molecule has 7 nitrogen and oxygen atoms in total. The third kappa shape index (κ3) is 4.01. The summed E-state index contributed by atoms with van der Waals surface area (Å²) >= 11 is 0. The van der Waals surface area contributed by atoms with E-state index in [0.29, 0.717) is 11.1 Å². The predicted molar refractivity (Wildman–Crippen MR) is 111 cm³/mol. The van der Waals surface area contributed by atoms with Gasteiger partial charge in [-0.15, -0.1) is 0 Å². The Morgan fingerprint density at radius 3 is 2.67 bits per heavy atom. The monoisotopic (exact) mass is 427 g/mol. The lowest BCUT2D eigenvalue weighted by molar-refractivity contribution is 0.0473. The summed E-state index contributed by atoms with van der Waals surface area (Å²) in [5.41, 5.74) is 3.03. The number of benzene rings is 2. The molecule has 0 saturated carbocycles. The van der Waals surface area contributed by atoms with Crippen LogP contribution in [0.1, 0.15) is 40.4 Å². The molecule has 0 saturated heterocycles. The molecule has 0 radical (unpaired) electrons. The van der Waals surface area contributed by atoms with Crippen LogP contribution in [-0.2, 0) is 34.2 Å². The van der Waals surface area contributed by atoms with Crippen LogP contribution >= 0.6 is 0 Å². The summed E-state index contributed by atoms with van der Waals surface area (Å²) < 4.78 is 37.4. The Labute approximate surface area is 173 Å². The van der Waals surface area contributed by atoms with E-state index in [1.54, 1.807) is 6.92 Å². The van der Waals surface area contributed by atoms with E-state index in [0.717, 1.165) is 24.6 Å². The molecule has 8 heteroatoms. The minimum absolute atomic E-state index is 0.0137. The molecular formula is C22H21NO6S. The normalized spacial score (nSPS) is 13.4. The molecule has 0 aliphatic heterocycles. The Balaban J connectivity index is 1.59. The van der Waals surface area contributed by atoms with E-state index in [1.165, 1.54) is 41.5 Å². The second kappa shape index (κ2) is 8.04. The van der Waals surface area contributed by atoms with Gasteiger partial charge in [-0.1, -0.05) is 13.0 Å². The Morgan fingerprint density at radius 2 is 1.90 bits per heavy atom. The maximum absolute atomic E-state index is 12.5. The summed E-state index contributed by atoms with van der Waals surface area (Å²) in [5, 5.41) is 0.742. The lowest BCUT2D eigenvalue weighted by Crippen LogP contribution is -2.23. The lowest BCUT2D eigenvalue weighted by atomic mass is 10.0. The van der Waals surface area contributed by atoms with Gasteiger partial charge < -0.3 is 9.15 Å². The zero-order valence-electron chi connectivity index (χ0n) is 16.4. The average molecular weight is 427 g/mol. The summed E-state index contributed by atoms with van der Waals surface area (Å²) in [6, 6.07) is 10.8. The van der Waals surface area contributed by atoms with Crippen molar-refractivity contribution in [2.24, 2.45) is 0 Å². The van der Waals surface area contributed by atoms with Gasteiger partial charge in [0, 0.05) is 23.6 Å². The van der Waals surface area contributed by atoms with E-state index in [9.17, 15) is 18.0 Å². The molecule has 0 amide bonds. The average Bonchev–Trinajstić information content (AvgIpc) is 3.17. The van der Waals surface area contributed by atoms with Crippen LogP contribution in [0, 0.1) is 0 Å². The summed E-state index contributed by atoms with van der Waals surface area (Å²) in [7, 11) is -3.69. The molecular weight excluding hydrogens is 406 g/mol. The van der Waals surface area contributed by atoms with Gasteiger partial charge in [0.2, 0.25) is 10.0 Å². The largest absolute Gasteiger partial charge is 0.457 e. The van der Waals surface area contributed by atoms with Crippen molar-refractivity contribution < 1.29 is 22.4 Å². The third-order valence-corrected chi connectivity index (χ3v) is 6.66. The van der Waals surface area contributed by atoms with Gasteiger partial charge in [0.25, 0.3) is 0 Å². The van der Waals surface area contributed by atoms with E-state index < -0.39 is 21.6 Å². The van der Waals surface area contributed by atoms with E-state index in [4.69, 9.17) is 9.15 Å². The molecule has 3 aromatic rings. The van der Waals surface area contributed by atoms with Crippen LogP contribution in [-0.4, -0.2) is 20.9 Å². The highest BCUT2D eigenvalue weighted by molar-refractivity contribution is 7.89. The Kier molecular flexibility index (Phi) is 5.44. The van der Waals surface area contributed by atoms with Crippen molar-refractivity contribution in [3.63, 3.8) is 0 Å². The zero-order valence-corrected chi connectivity index (χ0v) is 17.3. The van der Waals surface area contributed by atoms with Gasteiger partial charge in [-0.3, -0.25) is 0 Å². The molecule has 0 spiro atoms. The maximum atomic E-state index is 12.5. The number of hydrogen-bond acceptors (Lipinski definition) is 6. The summed E-state index contributed by atoms with van der Waals surface area (Å²) in [5.74, 6) is -0.675. The van der Waals surface area contributed by atoms with Crippen molar-refractivity contribution in [3.8, 4) is 0 Å². The number of ether oxygens (including phenoxy) is 1. The van der Waals surface area contributed by atoms with Crippen LogP contribution < -0.4 is 10.3 Å². The molecule has 2 aromatic carbocycles. The number of nitrogens with one attached hydrogen (secondary N) is 1. The van der Waals surface area contributed by atoms with E-state index in [-0.39, 0.29) is 23.6 Å². The van der Waals surface area contributed by atoms with Gasteiger partial charge in [0.15, 0.2) is 0 Å². The van der Waals surface area contributed by atoms with Crippen molar-refractivity contribution >= 4 is 27.0 Å². The van der Waals surface area contributed by atoms with Crippen molar-refractivity contribution in [3.05, 3.63) is 75.1 Å². The summed E-state index contributed by atoms with van der Waals surface area (Å²) in [4.78, 5) is 24.5. The van der Waals surface area contributed by atoms with Gasteiger partial charge in [-0.2, -0.15) is 0 Å². The molecule has 0 bridgehead atoms. The number of sulfonamides is 1. The van der Waals surface area contributed by atoms with E-state index in [2.05, 4.69) is 4.72 Å². The molecule has 0 atom stereocenters. The predicted octanol–water partition coefficient (Wildman–Crippen LogP) is 2.94. The number of fused-ring (bicyclic) bond motifs is 2. The van der Waals surface area contributed by atoms with Gasteiger partial charge in [0.05, 0.1) is 10.5 Å². The second-order valence-electron chi connectivity index (χ2n) is 7.17. The maximum Gasteiger partial charge on any atom is 0.338 e. The van der Waals surface area contributed by atoms with Crippen LogP contribution in [0.2, 0.25) is 0 Å². The minimum atomic E-state index is -3.69. The molecule has 1 aliphatic rings. The number of carbonyl (C=O) groups is 1. The molecule has 1 heterocycles. The van der Waals surface area contributed by atoms with Crippen molar-refractivity contribution in [2.45, 2.75) is 37.7 Å². The van der Waals surface area contributed by atoms with Crippen LogP contribution in [0.25, 0.3) is 11.0 Å². The molecule has 30 heavy (non-hydrogen) atoms. The first-order chi connectivity index (χ1) is 14.4. The lowest BCUT2D eigenvalue weighted by Gasteiger charge is -2.10. The molecule has 4 rings (SSSR count). The molecule has 0 unspecified atom stereocenters. The first-order valence-corrected chi connectivity index (χ1v) is 11.2. The van der Waals surface area contributed by atoms with Crippen molar-refractivity contribution in [1.82, 2.24) is 4.72 Å². The smallest absolute Gasteiger partial charge is 0.338 e. The van der Waals surface area contributed by atoms with Crippen LogP contribution in [0.5, 0.6) is 0 Å². The second-order valence-corrected chi connectivity index (χ2v) is 8.93. The highest BCUT2D eigenvalue weighted by Gasteiger charge is 2.18. The summed E-state index contributed by atoms with van der Waals surface area (Å²) in [6.07, 6.45) is 2.99. The Morgan fingerprint density at radius 1 is 1.13 bits per heavy atom. The number of aryl methyl sites for hydroxylation is 2. The first kappa shape index (κ1) is 20.3. The van der Waals surface area contributed by atoms with Crippen LogP contribution in [0.4, 0.5) is 0 Å².